The van der Waals surface area contributed by atoms with Crippen LogP contribution in [0.2, 0.25) is 0 Å². The summed E-state index contributed by atoms with van der Waals surface area (Å²) < 4.78 is 5.65. The molecule has 1 atom stereocenters. The number of nitrogens with zero attached hydrogens (tertiary/aromatic N) is 1. The minimum atomic E-state index is -0.561. The summed E-state index contributed by atoms with van der Waals surface area (Å²) in [5.74, 6) is 0.501. The summed E-state index contributed by atoms with van der Waals surface area (Å²) in [6.07, 6.45) is 6.35. The van der Waals surface area contributed by atoms with Gasteiger partial charge in [-0.2, -0.15) is 0 Å². The molecule has 1 aromatic rings. The van der Waals surface area contributed by atoms with E-state index in [1.165, 1.54) is 12.8 Å². The fourth-order valence-electron chi connectivity index (χ4n) is 3.73. The number of fused-ring (bicyclic) bond motifs is 1. The lowest BCUT2D eigenvalue weighted by atomic mass is 10.0. The van der Waals surface area contributed by atoms with Crippen molar-refractivity contribution in [2.45, 2.75) is 56.7 Å². The molecule has 0 bridgehead atoms. The highest BCUT2D eigenvalue weighted by Crippen LogP contribution is 2.39. The number of hydrogen-bond acceptors (Lipinski definition) is 3. The van der Waals surface area contributed by atoms with Gasteiger partial charge < -0.3 is 15.0 Å². The number of carbonyl (C=O) groups is 2. The number of nitrogens with one attached hydrogen (secondary N) is 1. The monoisotopic (exact) mass is 314 g/mol. The number of hydrogen-bond donors (Lipinski definition) is 1. The van der Waals surface area contributed by atoms with Gasteiger partial charge in [0, 0.05) is 17.6 Å². The highest BCUT2D eigenvalue weighted by Gasteiger charge is 2.44. The Hall–Kier alpha value is -2.04. The molecule has 122 valence electrons. The van der Waals surface area contributed by atoms with Crippen LogP contribution in [0.25, 0.3) is 0 Å². The Labute approximate surface area is 136 Å². The first-order valence-corrected chi connectivity index (χ1v) is 8.57. The van der Waals surface area contributed by atoms with Crippen molar-refractivity contribution in [1.82, 2.24) is 10.2 Å². The molecule has 23 heavy (non-hydrogen) atoms. The lowest BCUT2D eigenvalue weighted by Crippen LogP contribution is -2.47. The lowest BCUT2D eigenvalue weighted by molar-refractivity contribution is -0.142. The van der Waals surface area contributed by atoms with Gasteiger partial charge in [-0.25, -0.2) is 0 Å². The summed E-state index contributed by atoms with van der Waals surface area (Å²) in [6, 6.07) is 7.39. The molecule has 2 fully saturated rings. The van der Waals surface area contributed by atoms with Gasteiger partial charge in [-0.1, -0.05) is 31.0 Å². The maximum Gasteiger partial charge on any atom is 0.261 e. The zero-order chi connectivity index (χ0) is 15.8. The van der Waals surface area contributed by atoms with E-state index in [9.17, 15) is 9.59 Å². The van der Waals surface area contributed by atoms with Crippen molar-refractivity contribution in [1.29, 1.82) is 0 Å². The second-order valence-corrected chi connectivity index (χ2v) is 6.75. The standard InChI is InChI=1S/C18H22N2O3/c21-16-11-23-15-8-4-3-7-14(15)17(20(16)13-9-10-13)18(22)19-12-5-1-2-6-12/h3-4,7-8,12-13,17H,1-2,5-6,9-11H2,(H,19,22). The minimum absolute atomic E-state index is 0.0146. The quantitative estimate of drug-likeness (QED) is 0.930. The van der Waals surface area contributed by atoms with Crippen molar-refractivity contribution >= 4 is 11.8 Å². The van der Waals surface area contributed by atoms with Gasteiger partial charge in [-0.3, -0.25) is 9.59 Å². The topological polar surface area (TPSA) is 58.6 Å². The van der Waals surface area contributed by atoms with Crippen LogP contribution in [0.1, 0.15) is 50.1 Å². The molecule has 5 heteroatoms. The third-order valence-electron chi connectivity index (χ3n) is 5.02. The number of amides is 2. The molecule has 2 aliphatic carbocycles. The van der Waals surface area contributed by atoms with Crippen LogP contribution in [0.5, 0.6) is 5.75 Å². The lowest BCUT2D eigenvalue weighted by Gasteiger charge is -2.30. The van der Waals surface area contributed by atoms with Crippen molar-refractivity contribution in [3.05, 3.63) is 29.8 Å². The first kappa shape index (κ1) is 14.5. The van der Waals surface area contributed by atoms with E-state index in [4.69, 9.17) is 4.74 Å². The molecule has 5 nitrogen and oxygen atoms in total. The van der Waals surface area contributed by atoms with E-state index in [2.05, 4.69) is 5.32 Å². The van der Waals surface area contributed by atoms with Gasteiger partial charge in [0.25, 0.3) is 5.91 Å². The minimum Gasteiger partial charge on any atom is -0.483 e. The second-order valence-electron chi connectivity index (χ2n) is 6.75. The molecule has 0 spiro atoms. The molecular formula is C18H22N2O3. The average molecular weight is 314 g/mol. The van der Waals surface area contributed by atoms with Crippen LogP contribution in [0.15, 0.2) is 24.3 Å². The molecule has 1 heterocycles. The highest BCUT2D eigenvalue weighted by molar-refractivity contribution is 5.91. The summed E-state index contributed by atoms with van der Waals surface area (Å²) in [7, 11) is 0. The van der Waals surface area contributed by atoms with Gasteiger partial charge in [0.15, 0.2) is 6.61 Å². The predicted octanol–water partition coefficient (Wildman–Crippen LogP) is 2.17. The van der Waals surface area contributed by atoms with Crippen molar-refractivity contribution in [2.24, 2.45) is 0 Å². The Morgan fingerprint density at radius 3 is 2.61 bits per heavy atom. The van der Waals surface area contributed by atoms with Gasteiger partial charge in [-0.05, 0) is 31.7 Å². The van der Waals surface area contributed by atoms with Crippen molar-refractivity contribution < 1.29 is 14.3 Å². The zero-order valence-corrected chi connectivity index (χ0v) is 13.2. The molecule has 0 saturated heterocycles. The first-order chi connectivity index (χ1) is 11.2. The Morgan fingerprint density at radius 1 is 1.13 bits per heavy atom. The third-order valence-corrected chi connectivity index (χ3v) is 5.02. The maximum atomic E-state index is 13.0. The van der Waals surface area contributed by atoms with Gasteiger partial charge >= 0.3 is 0 Å². The summed E-state index contributed by atoms with van der Waals surface area (Å²) in [6.45, 7) is 0.0146. The number of rotatable bonds is 3. The smallest absolute Gasteiger partial charge is 0.261 e. The Morgan fingerprint density at radius 2 is 1.87 bits per heavy atom. The Kier molecular flexibility index (Phi) is 3.71. The van der Waals surface area contributed by atoms with E-state index < -0.39 is 6.04 Å². The number of carbonyl (C=O) groups excluding carboxylic acids is 2. The summed E-state index contributed by atoms with van der Waals surface area (Å²) in [5, 5.41) is 3.16. The first-order valence-electron chi connectivity index (χ1n) is 8.57. The largest absolute Gasteiger partial charge is 0.483 e. The third kappa shape index (κ3) is 2.80. The van der Waals surface area contributed by atoms with Crippen molar-refractivity contribution in [2.75, 3.05) is 6.61 Å². The van der Waals surface area contributed by atoms with Gasteiger partial charge in [0.2, 0.25) is 5.91 Å². The molecule has 1 aliphatic heterocycles. The molecule has 4 rings (SSSR count). The van der Waals surface area contributed by atoms with Crippen LogP contribution in [0.4, 0.5) is 0 Å². The van der Waals surface area contributed by atoms with E-state index in [0.717, 1.165) is 31.2 Å². The van der Waals surface area contributed by atoms with Gasteiger partial charge in [0.05, 0.1) is 0 Å². The Balaban J connectivity index is 1.68. The molecule has 2 saturated carbocycles. The molecule has 1 N–H and O–H groups in total. The molecule has 1 aromatic carbocycles. The predicted molar refractivity (Wildman–Crippen MR) is 84.9 cm³/mol. The molecule has 0 aromatic heterocycles. The molecule has 1 unspecified atom stereocenters. The van der Waals surface area contributed by atoms with Crippen LogP contribution in [0, 0.1) is 0 Å². The summed E-state index contributed by atoms with van der Waals surface area (Å²) >= 11 is 0. The maximum absolute atomic E-state index is 13.0. The van der Waals surface area contributed by atoms with Crippen LogP contribution in [-0.4, -0.2) is 35.4 Å². The van der Waals surface area contributed by atoms with Crippen LogP contribution < -0.4 is 10.1 Å². The van der Waals surface area contributed by atoms with Crippen LogP contribution in [-0.2, 0) is 9.59 Å². The molecule has 0 radical (unpaired) electrons. The van der Waals surface area contributed by atoms with Gasteiger partial charge in [0.1, 0.15) is 11.8 Å². The number of benzene rings is 1. The molecule has 3 aliphatic rings. The van der Waals surface area contributed by atoms with Crippen LogP contribution in [0.3, 0.4) is 0 Å². The second kappa shape index (κ2) is 5.87. The van der Waals surface area contributed by atoms with E-state index >= 15 is 0 Å². The van der Waals surface area contributed by atoms with E-state index in [1.54, 1.807) is 4.90 Å². The fraction of sp³-hybridized carbons (Fsp3) is 0.556. The zero-order valence-electron chi connectivity index (χ0n) is 13.2. The molecule has 2 amide bonds. The van der Waals surface area contributed by atoms with Crippen molar-refractivity contribution in [3.63, 3.8) is 0 Å². The summed E-state index contributed by atoms with van der Waals surface area (Å²) in [5.41, 5.74) is 0.806. The SMILES string of the molecule is O=C(NC1CCCC1)C1c2ccccc2OCC(=O)N1C1CC1. The number of para-hydroxylation sites is 1. The fourth-order valence-corrected chi connectivity index (χ4v) is 3.73. The molecular weight excluding hydrogens is 292 g/mol. The summed E-state index contributed by atoms with van der Waals surface area (Å²) in [4.78, 5) is 27.3. The van der Waals surface area contributed by atoms with E-state index in [0.29, 0.717) is 5.75 Å². The highest BCUT2D eigenvalue weighted by atomic mass is 16.5. The Bertz CT molecular complexity index is 620. The number of ether oxygens (including phenoxy) is 1. The van der Waals surface area contributed by atoms with Crippen LogP contribution >= 0.6 is 0 Å². The normalized spacial score (nSPS) is 24.8. The van der Waals surface area contributed by atoms with E-state index in [1.807, 2.05) is 24.3 Å². The van der Waals surface area contributed by atoms with E-state index in [-0.39, 0.29) is 30.5 Å². The van der Waals surface area contributed by atoms with Crippen molar-refractivity contribution in [3.8, 4) is 5.75 Å². The average Bonchev–Trinajstić information content (AvgIpc) is 3.29. The van der Waals surface area contributed by atoms with Gasteiger partial charge in [-0.15, -0.1) is 0 Å².